The van der Waals surface area contributed by atoms with Gasteiger partial charge in [-0.2, -0.15) is 0 Å². The first-order valence-corrected chi connectivity index (χ1v) is 7.07. The zero-order valence-corrected chi connectivity index (χ0v) is 11.1. The summed E-state index contributed by atoms with van der Waals surface area (Å²) in [7, 11) is -3.84. The van der Waals surface area contributed by atoms with Crippen molar-refractivity contribution in [1.82, 2.24) is 9.71 Å². The maximum absolute atomic E-state index is 13.2. The third-order valence-corrected chi connectivity index (χ3v) is 3.66. The fourth-order valence-corrected chi connectivity index (χ4v) is 2.31. The molecular formula is C9H12BrFN2O2S. The van der Waals surface area contributed by atoms with Crippen molar-refractivity contribution in [3.8, 4) is 0 Å². The van der Waals surface area contributed by atoms with Crippen molar-refractivity contribution in [2.45, 2.75) is 23.2 Å². The number of hydrogen-bond donors (Lipinski definition) is 1. The molecule has 1 atom stereocenters. The Kier molecular flexibility index (Phi) is 4.82. The number of nitrogens with one attached hydrogen (secondary N) is 1. The smallest absolute Gasteiger partial charge is 0.241 e. The minimum atomic E-state index is -3.84. The Balaban J connectivity index is 2.75. The van der Waals surface area contributed by atoms with Gasteiger partial charge in [-0.1, -0.05) is 22.9 Å². The molecule has 0 aliphatic heterocycles. The Morgan fingerprint density at radius 2 is 2.31 bits per heavy atom. The van der Waals surface area contributed by atoms with Crippen molar-refractivity contribution in [3.63, 3.8) is 0 Å². The van der Waals surface area contributed by atoms with Gasteiger partial charge in [-0.25, -0.2) is 22.5 Å². The Labute approximate surface area is 102 Å². The fraction of sp³-hybridized carbons (Fsp3) is 0.444. The van der Waals surface area contributed by atoms with Gasteiger partial charge in [0.05, 0.1) is 0 Å². The van der Waals surface area contributed by atoms with Crippen LogP contribution in [0.5, 0.6) is 0 Å². The van der Waals surface area contributed by atoms with Gasteiger partial charge in [-0.05, 0) is 18.6 Å². The van der Waals surface area contributed by atoms with Crippen molar-refractivity contribution in [1.29, 1.82) is 0 Å². The Morgan fingerprint density at radius 1 is 1.62 bits per heavy atom. The summed E-state index contributed by atoms with van der Waals surface area (Å²) in [5.41, 5.74) is 0. The topological polar surface area (TPSA) is 59.1 Å². The van der Waals surface area contributed by atoms with Gasteiger partial charge >= 0.3 is 0 Å². The molecule has 0 fully saturated rings. The van der Waals surface area contributed by atoms with E-state index in [0.717, 1.165) is 6.07 Å². The Morgan fingerprint density at radius 3 is 2.88 bits per heavy atom. The lowest BCUT2D eigenvalue weighted by atomic mass is 10.3. The SMILES string of the molecule is CC(Br)CCNS(=O)(=O)c1ncccc1F. The molecule has 1 rings (SSSR count). The van der Waals surface area contributed by atoms with Gasteiger partial charge in [0.1, 0.15) is 0 Å². The molecular weight excluding hydrogens is 299 g/mol. The summed E-state index contributed by atoms with van der Waals surface area (Å²) in [5, 5.41) is -0.558. The lowest BCUT2D eigenvalue weighted by Gasteiger charge is -2.07. The van der Waals surface area contributed by atoms with Crippen LogP contribution in [-0.2, 0) is 10.0 Å². The minimum Gasteiger partial charge on any atom is -0.241 e. The summed E-state index contributed by atoms with van der Waals surface area (Å²) in [6.45, 7) is 2.14. The van der Waals surface area contributed by atoms with E-state index < -0.39 is 20.9 Å². The molecule has 1 N–H and O–H groups in total. The molecule has 0 saturated carbocycles. The van der Waals surface area contributed by atoms with Gasteiger partial charge in [0.15, 0.2) is 5.82 Å². The van der Waals surface area contributed by atoms with Crippen molar-refractivity contribution in [2.75, 3.05) is 6.54 Å². The highest BCUT2D eigenvalue weighted by Crippen LogP contribution is 2.10. The van der Waals surface area contributed by atoms with Gasteiger partial charge in [0.25, 0.3) is 10.0 Å². The molecule has 1 heterocycles. The molecule has 0 bridgehead atoms. The molecule has 7 heteroatoms. The first-order chi connectivity index (χ1) is 7.43. The molecule has 0 spiro atoms. The molecule has 0 aromatic carbocycles. The summed E-state index contributed by atoms with van der Waals surface area (Å²) in [6, 6.07) is 2.41. The van der Waals surface area contributed by atoms with E-state index in [0.29, 0.717) is 6.42 Å². The van der Waals surface area contributed by atoms with Crippen LogP contribution in [0.15, 0.2) is 23.4 Å². The maximum atomic E-state index is 13.2. The molecule has 90 valence electrons. The summed E-state index contributed by atoms with van der Waals surface area (Å²) in [4.78, 5) is 3.71. The molecule has 0 amide bonds. The van der Waals surface area contributed by atoms with E-state index in [-0.39, 0.29) is 11.4 Å². The minimum absolute atomic E-state index is 0.198. The van der Waals surface area contributed by atoms with Gasteiger partial charge < -0.3 is 0 Å². The zero-order valence-electron chi connectivity index (χ0n) is 8.65. The van der Waals surface area contributed by atoms with Crippen molar-refractivity contribution >= 4 is 26.0 Å². The number of hydrogen-bond acceptors (Lipinski definition) is 3. The lowest BCUT2D eigenvalue weighted by Crippen LogP contribution is -2.27. The summed E-state index contributed by atoms with van der Waals surface area (Å²) in [6.07, 6.45) is 1.86. The van der Waals surface area contributed by atoms with Crippen molar-refractivity contribution in [2.24, 2.45) is 0 Å². The largest absolute Gasteiger partial charge is 0.261 e. The maximum Gasteiger partial charge on any atom is 0.261 e. The van der Waals surface area contributed by atoms with Crippen LogP contribution in [0.25, 0.3) is 0 Å². The van der Waals surface area contributed by atoms with Crippen LogP contribution >= 0.6 is 15.9 Å². The van der Waals surface area contributed by atoms with Gasteiger partial charge in [-0.15, -0.1) is 0 Å². The second-order valence-corrected chi connectivity index (χ2v) is 6.50. The highest BCUT2D eigenvalue weighted by Gasteiger charge is 2.19. The molecule has 1 aromatic rings. The standard InChI is InChI=1S/C9H12BrFN2O2S/c1-7(10)4-6-13-16(14,15)9-8(11)3-2-5-12-9/h2-3,5,7,13H,4,6H2,1H3. The van der Waals surface area contributed by atoms with Crippen LogP contribution in [-0.4, -0.2) is 24.8 Å². The van der Waals surface area contributed by atoms with Crippen LogP contribution in [0.1, 0.15) is 13.3 Å². The van der Waals surface area contributed by atoms with E-state index in [1.807, 2.05) is 6.92 Å². The van der Waals surface area contributed by atoms with E-state index in [1.165, 1.54) is 12.3 Å². The Bertz CT molecular complexity index is 451. The summed E-state index contributed by atoms with van der Waals surface area (Å²) in [5.74, 6) is -0.845. The number of sulfonamides is 1. The highest BCUT2D eigenvalue weighted by molar-refractivity contribution is 9.09. The lowest BCUT2D eigenvalue weighted by molar-refractivity contribution is 0.543. The number of rotatable bonds is 5. The monoisotopic (exact) mass is 310 g/mol. The molecule has 0 radical (unpaired) electrons. The first-order valence-electron chi connectivity index (χ1n) is 4.68. The molecule has 1 unspecified atom stereocenters. The van der Waals surface area contributed by atoms with E-state index in [9.17, 15) is 12.8 Å². The van der Waals surface area contributed by atoms with Crippen molar-refractivity contribution in [3.05, 3.63) is 24.1 Å². The van der Waals surface area contributed by atoms with Crippen molar-refractivity contribution < 1.29 is 12.8 Å². The van der Waals surface area contributed by atoms with Gasteiger partial charge in [-0.3, -0.25) is 0 Å². The number of pyridine rings is 1. The zero-order chi connectivity index (χ0) is 12.2. The number of nitrogens with zero attached hydrogens (tertiary/aromatic N) is 1. The molecule has 4 nitrogen and oxygen atoms in total. The van der Waals surface area contributed by atoms with E-state index in [4.69, 9.17) is 0 Å². The quantitative estimate of drug-likeness (QED) is 0.842. The fourth-order valence-electron chi connectivity index (χ4n) is 1.03. The number of halogens is 2. The average Bonchev–Trinajstić information content (AvgIpc) is 2.17. The third-order valence-electron chi connectivity index (χ3n) is 1.81. The van der Waals surface area contributed by atoms with Crippen LogP contribution in [0.2, 0.25) is 0 Å². The molecule has 0 aliphatic carbocycles. The van der Waals surface area contributed by atoms with Crippen LogP contribution in [0.3, 0.4) is 0 Å². The van der Waals surface area contributed by atoms with E-state index in [1.54, 1.807) is 0 Å². The highest BCUT2D eigenvalue weighted by atomic mass is 79.9. The molecule has 0 aliphatic rings. The first kappa shape index (κ1) is 13.5. The third kappa shape index (κ3) is 3.80. The molecule has 16 heavy (non-hydrogen) atoms. The molecule has 0 saturated heterocycles. The van der Waals surface area contributed by atoms with Crippen LogP contribution < -0.4 is 4.72 Å². The van der Waals surface area contributed by atoms with E-state index in [2.05, 4.69) is 25.6 Å². The van der Waals surface area contributed by atoms with Crippen LogP contribution in [0.4, 0.5) is 4.39 Å². The predicted octanol–water partition coefficient (Wildman–Crippen LogP) is 1.67. The number of aromatic nitrogens is 1. The predicted molar refractivity (Wildman–Crippen MR) is 62.4 cm³/mol. The summed E-state index contributed by atoms with van der Waals surface area (Å²) >= 11 is 3.29. The summed E-state index contributed by atoms with van der Waals surface area (Å²) < 4.78 is 38.7. The molecule has 1 aromatic heterocycles. The van der Waals surface area contributed by atoms with Gasteiger partial charge in [0, 0.05) is 17.6 Å². The second kappa shape index (κ2) is 5.70. The second-order valence-electron chi connectivity index (χ2n) is 3.26. The number of alkyl halides is 1. The Hall–Kier alpha value is -0.530. The van der Waals surface area contributed by atoms with Crippen LogP contribution in [0, 0.1) is 5.82 Å². The van der Waals surface area contributed by atoms with Gasteiger partial charge in [0.2, 0.25) is 5.03 Å². The van der Waals surface area contributed by atoms with E-state index >= 15 is 0 Å². The average molecular weight is 311 g/mol. The normalized spacial score (nSPS) is 13.7.